The van der Waals surface area contributed by atoms with Gasteiger partial charge in [0.2, 0.25) is 10.0 Å². The van der Waals surface area contributed by atoms with Crippen molar-refractivity contribution in [2.45, 2.75) is 24.8 Å². The molecule has 3 aromatic carbocycles. The van der Waals surface area contributed by atoms with Gasteiger partial charge in [-0.3, -0.25) is 0 Å². The minimum absolute atomic E-state index is 0.153. The molecular formula is C24H26N2O4S. The molecule has 0 bridgehead atoms. The minimum atomic E-state index is -3.65. The molecule has 3 rings (SSSR count). The van der Waals surface area contributed by atoms with Crippen molar-refractivity contribution in [3.8, 4) is 0 Å². The van der Waals surface area contributed by atoms with Crippen molar-refractivity contribution in [3.05, 3.63) is 95.6 Å². The number of ether oxygens (including phenoxy) is 1. The van der Waals surface area contributed by atoms with Crippen LogP contribution in [0.25, 0.3) is 0 Å². The second-order valence-corrected chi connectivity index (χ2v) is 8.84. The van der Waals surface area contributed by atoms with Crippen LogP contribution in [0.4, 0.5) is 5.69 Å². The van der Waals surface area contributed by atoms with Gasteiger partial charge in [0.05, 0.1) is 23.1 Å². The van der Waals surface area contributed by atoms with Crippen molar-refractivity contribution >= 4 is 21.7 Å². The van der Waals surface area contributed by atoms with Crippen LogP contribution in [-0.2, 0) is 14.8 Å². The maximum Gasteiger partial charge on any atom is 0.338 e. The molecule has 3 aromatic rings. The van der Waals surface area contributed by atoms with Gasteiger partial charge in [-0.15, -0.1) is 0 Å². The van der Waals surface area contributed by atoms with Crippen LogP contribution in [0.1, 0.15) is 34.5 Å². The molecule has 6 nitrogen and oxygen atoms in total. The largest absolute Gasteiger partial charge is 0.462 e. The first-order valence-corrected chi connectivity index (χ1v) is 11.5. The van der Waals surface area contributed by atoms with Crippen molar-refractivity contribution in [2.75, 3.05) is 18.5 Å². The van der Waals surface area contributed by atoms with Crippen molar-refractivity contribution < 1.29 is 17.9 Å². The van der Waals surface area contributed by atoms with E-state index in [1.54, 1.807) is 55.5 Å². The Bertz CT molecular complexity index is 1100. The molecule has 31 heavy (non-hydrogen) atoms. The van der Waals surface area contributed by atoms with Gasteiger partial charge < -0.3 is 10.1 Å². The number of benzene rings is 3. The van der Waals surface area contributed by atoms with E-state index in [1.807, 2.05) is 37.3 Å². The predicted octanol–water partition coefficient (Wildman–Crippen LogP) is 4.30. The average molecular weight is 439 g/mol. The molecule has 0 spiro atoms. The van der Waals surface area contributed by atoms with Gasteiger partial charge in [0.15, 0.2) is 0 Å². The Balaban J connectivity index is 1.76. The molecule has 7 heteroatoms. The Labute approximate surface area is 183 Å². The summed E-state index contributed by atoms with van der Waals surface area (Å²) in [5.74, 6) is -0.375. The smallest absolute Gasteiger partial charge is 0.338 e. The fourth-order valence-corrected chi connectivity index (χ4v) is 4.10. The van der Waals surface area contributed by atoms with Crippen LogP contribution in [0.3, 0.4) is 0 Å². The number of anilines is 1. The van der Waals surface area contributed by atoms with Crippen molar-refractivity contribution in [1.29, 1.82) is 0 Å². The zero-order chi connectivity index (χ0) is 22.3. The summed E-state index contributed by atoms with van der Waals surface area (Å²) in [5, 5.41) is 3.35. The fraction of sp³-hybridized carbons (Fsp3) is 0.208. The summed E-state index contributed by atoms with van der Waals surface area (Å²) in [5.41, 5.74) is 3.15. The van der Waals surface area contributed by atoms with E-state index in [4.69, 9.17) is 4.74 Å². The maximum absolute atomic E-state index is 12.7. The SMILES string of the molecule is CCOC(=O)c1ccc(NC(CNS(=O)(=O)c2ccc(C)cc2)c2ccccc2)cc1. The number of rotatable bonds is 9. The number of carbonyl (C=O) groups is 1. The van der Waals surface area contributed by atoms with E-state index in [0.717, 1.165) is 16.8 Å². The normalized spacial score (nSPS) is 12.2. The molecule has 0 radical (unpaired) electrons. The Kier molecular flexibility index (Phi) is 7.44. The molecule has 0 heterocycles. The van der Waals surface area contributed by atoms with E-state index in [2.05, 4.69) is 10.0 Å². The van der Waals surface area contributed by atoms with Gasteiger partial charge in [0.25, 0.3) is 0 Å². The van der Waals surface area contributed by atoms with Gasteiger partial charge in [-0.05, 0) is 55.8 Å². The molecule has 0 saturated heterocycles. The molecule has 1 unspecified atom stereocenters. The molecule has 2 N–H and O–H groups in total. The first-order chi connectivity index (χ1) is 14.9. The van der Waals surface area contributed by atoms with Crippen LogP contribution >= 0.6 is 0 Å². The molecule has 1 atom stereocenters. The zero-order valence-corrected chi connectivity index (χ0v) is 18.4. The highest BCUT2D eigenvalue weighted by atomic mass is 32.2. The second-order valence-electron chi connectivity index (χ2n) is 7.07. The highest BCUT2D eigenvalue weighted by molar-refractivity contribution is 7.89. The number of hydrogen-bond donors (Lipinski definition) is 2. The number of esters is 1. The monoisotopic (exact) mass is 438 g/mol. The number of aryl methyl sites for hydroxylation is 1. The van der Waals surface area contributed by atoms with Gasteiger partial charge >= 0.3 is 5.97 Å². The van der Waals surface area contributed by atoms with Gasteiger partial charge in [0, 0.05) is 12.2 Å². The molecule has 0 aromatic heterocycles. The Morgan fingerprint density at radius 1 is 0.935 bits per heavy atom. The van der Waals surface area contributed by atoms with Crippen molar-refractivity contribution in [2.24, 2.45) is 0 Å². The zero-order valence-electron chi connectivity index (χ0n) is 17.5. The lowest BCUT2D eigenvalue weighted by Gasteiger charge is -2.21. The van der Waals surface area contributed by atoms with Crippen LogP contribution in [0.15, 0.2) is 83.8 Å². The Hall–Kier alpha value is -3.16. The van der Waals surface area contributed by atoms with Gasteiger partial charge in [-0.2, -0.15) is 0 Å². The molecule has 0 aliphatic rings. The first kappa shape index (κ1) is 22.5. The highest BCUT2D eigenvalue weighted by Gasteiger charge is 2.18. The van der Waals surface area contributed by atoms with E-state index in [0.29, 0.717) is 12.2 Å². The van der Waals surface area contributed by atoms with Gasteiger partial charge in [0.1, 0.15) is 0 Å². The molecule has 162 valence electrons. The van der Waals surface area contributed by atoms with E-state index in [1.165, 1.54) is 0 Å². The number of sulfonamides is 1. The summed E-state index contributed by atoms with van der Waals surface area (Å²) in [7, 11) is -3.65. The number of hydrogen-bond acceptors (Lipinski definition) is 5. The fourth-order valence-electron chi connectivity index (χ4n) is 3.05. The highest BCUT2D eigenvalue weighted by Crippen LogP contribution is 2.21. The second kappa shape index (κ2) is 10.2. The Morgan fingerprint density at radius 3 is 2.19 bits per heavy atom. The van der Waals surface area contributed by atoms with E-state index in [9.17, 15) is 13.2 Å². The maximum atomic E-state index is 12.7. The van der Waals surface area contributed by atoms with Gasteiger partial charge in [-0.25, -0.2) is 17.9 Å². The third-order valence-corrected chi connectivity index (χ3v) is 6.19. The van der Waals surface area contributed by atoms with Gasteiger partial charge in [-0.1, -0.05) is 48.0 Å². The predicted molar refractivity (Wildman–Crippen MR) is 122 cm³/mol. The van der Waals surface area contributed by atoms with Crippen molar-refractivity contribution in [1.82, 2.24) is 4.72 Å². The molecule has 0 aliphatic heterocycles. The van der Waals surface area contributed by atoms with E-state index in [-0.39, 0.29) is 23.5 Å². The van der Waals surface area contributed by atoms with E-state index >= 15 is 0 Å². The lowest BCUT2D eigenvalue weighted by molar-refractivity contribution is 0.0526. The van der Waals surface area contributed by atoms with Crippen LogP contribution in [0.5, 0.6) is 0 Å². The number of carbonyl (C=O) groups excluding carboxylic acids is 1. The van der Waals surface area contributed by atoms with Crippen LogP contribution in [0, 0.1) is 6.92 Å². The molecule has 0 fully saturated rings. The van der Waals surface area contributed by atoms with Crippen LogP contribution in [-0.4, -0.2) is 27.5 Å². The molecule has 0 amide bonds. The topological polar surface area (TPSA) is 84.5 Å². The third kappa shape index (κ3) is 6.16. The summed E-state index contributed by atoms with van der Waals surface area (Å²) in [4.78, 5) is 12.1. The first-order valence-electron chi connectivity index (χ1n) is 10.0. The summed E-state index contributed by atoms with van der Waals surface area (Å²) >= 11 is 0. The molecular weight excluding hydrogens is 412 g/mol. The lowest BCUT2D eigenvalue weighted by atomic mass is 10.1. The molecule has 0 saturated carbocycles. The lowest BCUT2D eigenvalue weighted by Crippen LogP contribution is -2.31. The Morgan fingerprint density at radius 2 is 1.58 bits per heavy atom. The molecule has 0 aliphatic carbocycles. The van der Waals surface area contributed by atoms with Crippen LogP contribution < -0.4 is 10.0 Å². The van der Waals surface area contributed by atoms with Crippen molar-refractivity contribution in [3.63, 3.8) is 0 Å². The van der Waals surface area contributed by atoms with E-state index < -0.39 is 10.0 Å². The van der Waals surface area contributed by atoms with Crippen LogP contribution in [0.2, 0.25) is 0 Å². The number of nitrogens with one attached hydrogen (secondary N) is 2. The summed E-state index contributed by atoms with van der Waals surface area (Å²) in [6, 6.07) is 22.9. The quantitative estimate of drug-likeness (QED) is 0.487. The minimum Gasteiger partial charge on any atom is -0.462 e. The third-order valence-electron chi connectivity index (χ3n) is 4.75. The summed E-state index contributed by atoms with van der Waals surface area (Å²) in [6.45, 7) is 4.14. The standard InChI is InChI=1S/C24H26N2O4S/c1-3-30-24(27)20-11-13-21(14-12-20)26-23(19-7-5-4-6-8-19)17-25-31(28,29)22-15-9-18(2)10-16-22/h4-16,23,25-26H,3,17H2,1-2H3. The summed E-state index contributed by atoms with van der Waals surface area (Å²) in [6.07, 6.45) is 0. The average Bonchev–Trinajstić information content (AvgIpc) is 2.78. The summed E-state index contributed by atoms with van der Waals surface area (Å²) < 4.78 is 33.1.